The predicted molar refractivity (Wildman–Crippen MR) is 43.4 cm³/mol. The van der Waals surface area contributed by atoms with Crippen LogP contribution in [0.4, 0.5) is 0 Å². The van der Waals surface area contributed by atoms with Crippen LogP contribution in [0.3, 0.4) is 0 Å². The molecule has 9 heavy (non-hydrogen) atoms. The third-order valence-electron chi connectivity index (χ3n) is 2.04. The smallest absolute Gasteiger partial charge is 0.0264 e. The van der Waals surface area contributed by atoms with Crippen LogP contribution in [0.2, 0.25) is 0 Å². The standard InChI is InChI=1S/C7H16NSi/c9-6-8-7-4-2-1-3-5-7/h7-8H,1-6,9H2. The molecule has 0 heterocycles. The van der Waals surface area contributed by atoms with Crippen LogP contribution in [0.25, 0.3) is 0 Å². The minimum atomic E-state index is 0.858. The fourth-order valence-electron chi connectivity index (χ4n) is 1.51. The summed E-state index contributed by atoms with van der Waals surface area (Å²) in [6.07, 6.45) is 8.35. The van der Waals surface area contributed by atoms with Gasteiger partial charge in [0.05, 0.1) is 0 Å². The predicted octanol–water partition coefficient (Wildman–Crippen LogP) is 0.499. The van der Waals surface area contributed by atoms with Crippen molar-refractivity contribution in [3.8, 4) is 0 Å². The molecule has 0 unspecified atom stereocenters. The Balaban J connectivity index is 2.08. The number of hydrogen-bond donors (Lipinski definition) is 1. The minimum absolute atomic E-state index is 0.858. The summed E-state index contributed by atoms with van der Waals surface area (Å²) in [6.45, 7) is 0. The summed E-state index contributed by atoms with van der Waals surface area (Å²) in [6, 6.07) is 0.858. The van der Waals surface area contributed by atoms with Crippen molar-refractivity contribution in [1.29, 1.82) is 0 Å². The third-order valence-corrected chi connectivity index (χ3v) is 2.33. The molecule has 1 nitrogen and oxygen atoms in total. The molecule has 1 N–H and O–H groups in total. The lowest BCUT2D eigenvalue weighted by Gasteiger charge is -2.21. The van der Waals surface area contributed by atoms with Gasteiger partial charge in [-0.15, -0.1) is 0 Å². The molecule has 1 aliphatic carbocycles. The first kappa shape index (κ1) is 7.29. The van der Waals surface area contributed by atoms with Gasteiger partial charge in [0, 0.05) is 16.3 Å². The molecule has 0 bridgehead atoms. The highest BCUT2D eigenvalue weighted by Gasteiger charge is 2.10. The molecule has 1 rings (SSSR count). The van der Waals surface area contributed by atoms with Crippen molar-refractivity contribution >= 4 is 10.2 Å². The first-order valence-corrected chi connectivity index (χ1v) is 4.96. The van der Waals surface area contributed by atoms with Gasteiger partial charge in [-0.25, -0.2) is 0 Å². The Labute approximate surface area is 60.6 Å². The van der Waals surface area contributed by atoms with E-state index in [1.807, 2.05) is 10.2 Å². The summed E-state index contributed by atoms with van der Waals surface area (Å²) in [5, 5.41) is 3.50. The molecule has 1 aliphatic rings. The Hall–Kier alpha value is 0.177. The molecule has 53 valence electrons. The van der Waals surface area contributed by atoms with Crippen molar-refractivity contribution in [2.24, 2.45) is 0 Å². The molecule has 0 atom stereocenters. The minimum Gasteiger partial charge on any atom is -0.318 e. The maximum atomic E-state index is 3.50. The van der Waals surface area contributed by atoms with E-state index in [1.165, 1.54) is 38.3 Å². The van der Waals surface area contributed by atoms with E-state index in [0.717, 1.165) is 6.04 Å². The second-order valence-corrected chi connectivity index (χ2v) is 3.29. The molecule has 0 amide bonds. The van der Waals surface area contributed by atoms with E-state index in [0.29, 0.717) is 0 Å². The lowest BCUT2D eigenvalue weighted by Crippen LogP contribution is -2.31. The zero-order chi connectivity index (χ0) is 6.53. The van der Waals surface area contributed by atoms with Crippen molar-refractivity contribution in [3.05, 3.63) is 0 Å². The highest BCUT2D eigenvalue weighted by molar-refractivity contribution is 6.08. The van der Waals surface area contributed by atoms with E-state index in [4.69, 9.17) is 0 Å². The van der Waals surface area contributed by atoms with Crippen LogP contribution in [0, 0.1) is 0 Å². The molecular weight excluding hydrogens is 126 g/mol. The van der Waals surface area contributed by atoms with Gasteiger partial charge < -0.3 is 5.32 Å². The first-order chi connectivity index (χ1) is 4.43. The summed E-state index contributed by atoms with van der Waals surface area (Å²) in [5.41, 5.74) is 0. The van der Waals surface area contributed by atoms with E-state index in [2.05, 4.69) is 5.32 Å². The second-order valence-electron chi connectivity index (χ2n) is 2.79. The topological polar surface area (TPSA) is 12.0 Å². The van der Waals surface area contributed by atoms with Gasteiger partial charge in [0.25, 0.3) is 0 Å². The molecule has 0 aromatic carbocycles. The summed E-state index contributed by atoms with van der Waals surface area (Å²) in [7, 11) is 2.01. The van der Waals surface area contributed by atoms with Gasteiger partial charge in [0.15, 0.2) is 0 Å². The summed E-state index contributed by atoms with van der Waals surface area (Å²) < 4.78 is 0. The largest absolute Gasteiger partial charge is 0.318 e. The van der Waals surface area contributed by atoms with Gasteiger partial charge in [-0.1, -0.05) is 19.3 Å². The summed E-state index contributed by atoms with van der Waals surface area (Å²) in [4.78, 5) is 0. The summed E-state index contributed by atoms with van der Waals surface area (Å²) >= 11 is 0. The van der Waals surface area contributed by atoms with Gasteiger partial charge in [0.2, 0.25) is 0 Å². The molecule has 1 radical (unpaired) electrons. The molecule has 0 aromatic rings. The van der Waals surface area contributed by atoms with Gasteiger partial charge in [0.1, 0.15) is 0 Å². The lowest BCUT2D eigenvalue weighted by atomic mass is 9.96. The fraction of sp³-hybridized carbons (Fsp3) is 1.00. The van der Waals surface area contributed by atoms with Crippen molar-refractivity contribution in [3.63, 3.8) is 0 Å². The van der Waals surface area contributed by atoms with Crippen LogP contribution in [0.5, 0.6) is 0 Å². The molecule has 0 aromatic heterocycles. The average molecular weight is 142 g/mol. The van der Waals surface area contributed by atoms with E-state index in [1.54, 1.807) is 0 Å². The van der Waals surface area contributed by atoms with E-state index in [9.17, 15) is 0 Å². The Morgan fingerprint density at radius 1 is 1.22 bits per heavy atom. The number of nitrogens with one attached hydrogen (secondary N) is 1. The zero-order valence-corrected chi connectivity index (χ0v) is 7.44. The monoisotopic (exact) mass is 142 g/mol. The highest BCUT2D eigenvalue weighted by Crippen LogP contribution is 2.16. The van der Waals surface area contributed by atoms with E-state index < -0.39 is 0 Å². The second kappa shape index (κ2) is 4.07. The SMILES string of the molecule is [SiH2]CNC1CCCCC1. The fourth-order valence-corrected chi connectivity index (χ4v) is 1.92. The Bertz CT molecular complexity index is 66.6. The lowest BCUT2D eigenvalue weighted by molar-refractivity contribution is 0.389. The van der Waals surface area contributed by atoms with Crippen molar-refractivity contribution in [2.45, 2.75) is 38.1 Å². The molecule has 0 aliphatic heterocycles. The van der Waals surface area contributed by atoms with Crippen LogP contribution in [0.1, 0.15) is 32.1 Å². The van der Waals surface area contributed by atoms with Gasteiger partial charge in [-0.05, 0) is 19.0 Å². The Morgan fingerprint density at radius 3 is 2.44 bits per heavy atom. The maximum Gasteiger partial charge on any atom is 0.0264 e. The number of rotatable bonds is 2. The van der Waals surface area contributed by atoms with Gasteiger partial charge in [-0.2, -0.15) is 0 Å². The first-order valence-electron chi connectivity index (χ1n) is 3.96. The molecular formula is C7H16NSi. The van der Waals surface area contributed by atoms with Crippen LogP contribution in [0.15, 0.2) is 0 Å². The number of hydrogen-bond acceptors (Lipinski definition) is 1. The molecule has 0 saturated heterocycles. The van der Waals surface area contributed by atoms with E-state index >= 15 is 0 Å². The van der Waals surface area contributed by atoms with E-state index in [-0.39, 0.29) is 0 Å². The molecule has 2 heteroatoms. The van der Waals surface area contributed by atoms with Crippen LogP contribution >= 0.6 is 0 Å². The molecule has 1 saturated carbocycles. The third kappa shape index (κ3) is 2.50. The van der Waals surface area contributed by atoms with Gasteiger partial charge in [-0.3, -0.25) is 0 Å². The van der Waals surface area contributed by atoms with Crippen LogP contribution in [-0.4, -0.2) is 22.5 Å². The van der Waals surface area contributed by atoms with Gasteiger partial charge >= 0.3 is 0 Å². The van der Waals surface area contributed by atoms with Crippen molar-refractivity contribution in [1.82, 2.24) is 5.32 Å². The summed E-state index contributed by atoms with van der Waals surface area (Å²) in [5.74, 6) is 0. The maximum absolute atomic E-state index is 3.50. The van der Waals surface area contributed by atoms with Crippen LogP contribution < -0.4 is 5.32 Å². The highest BCUT2D eigenvalue weighted by atomic mass is 28.1. The van der Waals surface area contributed by atoms with Crippen LogP contribution in [-0.2, 0) is 0 Å². The normalized spacial score (nSPS) is 22.3. The molecule has 0 spiro atoms. The van der Waals surface area contributed by atoms with Crippen molar-refractivity contribution in [2.75, 3.05) is 6.17 Å². The molecule has 1 fully saturated rings. The zero-order valence-electron chi connectivity index (χ0n) is 6.03. The average Bonchev–Trinajstić information content (AvgIpc) is 1.91. The quantitative estimate of drug-likeness (QED) is 0.554. The Kier molecular flexibility index (Phi) is 3.29. The van der Waals surface area contributed by atoms with Crippen molar-refractivity contribution < 1.29 is 0 Å². The Morgan fingerprint density at radius 2 is 1.89 bits per heavy atom.